The van der Waals surface area contributed by atoms with Gasteiger partial charge in [-0.05, 0) is 24.6 Å². The van der Waals surface area contributed by atoms with Gasteiger partial charge in [0, 0.05) is 18.0 Å². The van der Waals surface area contributed by atoms with Crippen LogP contribution >= 0.6 is 0 Å². The summed E-state index contributed by atoms with van der Waals surface area (Å²) in [6.45, 7) is 1.09. The topological polar surface area (TPSA) is 83.9 Å². The molecule has 1 aromatic heterocycles. The monoisotopic (exact) mass is 406 g/mol. The average Bonchev–Trinajstić information content (AvgIpc) is 2.97. The zero-order chi connectivity index (χ0) is 21.1. The number of benzene rings is 1. The van der Waals surface area contributed by atoms with E-state index in [4.69, 9.17) is 0 Å². The average molecular weight is 406 g/mol. The minimum atomic E-state index is -5.19. The van der Waals surface area contributed by atoms with E-state index in [0.29, 0.717) is 11.1 Å². The molecule has 0 spiro atoms. The number of hydrogen-bond acceptors (Lipinski definition) is 5. The summed E-state index contributed by atoms with van der Waals surface area (Å²) in [5.74, 6) is -1.63. The van der Waals surface area contributed by atoms with Crippen molar-refractivity contribution < 1.29 is 27.5 Å². The molecule has 1 atom stereocenters. The molecule has 0 saturated heterocycles. The summed E-state index contributed by atoms with van der Waals surface area (Å²) in [5.41, 5.74) is -2.63. The lowest BCUT2D eigenvalue weighted by molar-refractivity contribution is -0.197. The van der Waals surface area contributed by atoms with Gasteiger partial charge in [0.05, 0.1) is 13.2 Å². The molecule has 1 unspecified atom stereocenters. The molecular formula is C19H17F3N4O3. The smallest absolute Gasteiger partial charge is 0.442 e. The highest BCUT2D eigenvalue weighted by Gasteiger charge is 2.67. The SMILES string of the molecule is CCOC(=O)NC1(C(F)(F)F)N=C(c2ccccc2)N(Cc2ccncc2)C1=O. The Bertz CT molecular complexity index is 919. The Morgan fingerprint density at radius 2 is 1.83 bits per heavy atom. The molecule has 2 amide bonds. The highest BCUT2D eigenvalue weighted by atomic mass is 19.4. The van der Waals surface area contributed by atoms with Crippen molar-refractivity contribution in [3.8, 4) is 0 Å². The van der Waals surface area contributed by atoms with Crippen LogP contribution in [0.1, 0.15) is 18.1 Å². The normalized spacial score (nSPS) is 19.1. The van der Waals surface area contributed by atoms with Crippen LogP contribution in [0, 0.1) is 0 Å². The number of aromatic nitrogens is 1. The Kier molecular flexibility index (Phi) is 5.53. The number of amides is 2. The predicted molar refractivity (Wildman–Crippen MR) is 96.7 cm³/mol. The largest absolute Gasteiger partial charge is 0.450 e. The quantitative estimate of drug-likeness (QED) is 0.828. The van der Waals surface area contributed by atoms with Gasteiger partial charge in [0.2, 0.25) is 0 Å². The van der Waals surface area contributed by atoms with E-state index in [1.54, 1.807) is 35.6 Å². The maximum absolute atomic E-state index is 14.0. The molecule has 0 aliphatic carbocycles. The molecule has 10 heteroatoms. The summed E-state index contributed by atoms with van der Waals surface area (Å²) in [5, 5.41) is 1.62. The van der Waals surface area contributed by atoms with Crippen molar-refractivity contribution in [1.29, 1.82) is 0 Å². The van der Waals surface area contributed by atoms with Crippen molar-refractivity contribution >= 4 is 17.8 Å². The van der Waals surface area contributed by atoms with Crippen molar-refractivity contribution in [3.05, 3.63) is 66.0 Å². The third-order valence-corrected chi connectivity index (χ3v) is 4.17. The first-order valence-corrected chi connectivity index (χ1v) is 8.66. The molecule has 0 radical (unpaired) electrons. The number of rotatable bonds is 5. The molecule has 152 valence electrons. The molecule has 1 aromatic carbocycles. The van der Waals surface area contributed by atoms with E-state index >= 15 is 0 Å². The number of hydrogen-bond donors (Lipinski definition) is 1. The molecule has 2 aromatic rings. The maximum Gasteiger partial charge on any atom is 0.442 e. The van der Waals surface area contributed by atoms with Gasteiger partial charge in [0.15, 0.2) is 0 Å². The fourth-order valence-corrected chi connectivity index (χ4v) is 2.84. The number of pyridine rings is 1. The van der Waals surface area contributed by atoms with Gasteiger partial charge in [0.1, 0.15) is 5.84 Å². The molecule has 2 heterocycles. The molecule has 0 bridgehead atoms. The number of aliphatic imine (C=N–C) groups is 1. The minimum Gasteiger partial charge on any atom is -0.450 e. The van der Waals surface area contributed by atoms with E-state index < -0.39 is 23.8 Å². The lowest BCUT2D eigenvalue weighted by Crippen LogP contribution is -2.63. The van der Waals surface area contributed by atoms with Crippen LogP contribution in [0.25, 0.3) is 0 Å². The zero-order valence-electron chi connectivity index (χ0n) is 15.3. The first-order valence-electron chi connectivity index (χ1n) is 8.66. The maximum atomic E-state index is 14.0. The second-order valence-corrected chi connectivity index (χ2v) is 6.10. The van der Waals surface area contributed by atoms with E-state index in [1.165, 1.54) is 31.5 Å². The van der Waals surface area contributed by atoms with E-state index in [2.05, 4.69) is 14.7 Å². The van der Waals surface area contributed by atoms with E-state index in [-0.39, 0.29) is 19.0 Å². The molecule has 1 N–H and O–H groups in total. The third-order valence-electron chi connectivity index (χ3n) is 4.17. The Balaban J connectivity index is 2.10. The Morgan fingerprint density at radius 1 is 1.17 bits per heavy atom. The highest BCUT2D eigenvalue weighted by Crippen LogP contribution is 2.39. The molecule has 1 aliphatic rings. The van der Waals surface area contributed by atoms with Crippen LogP contribution in [0.3, 0.4) is 0 Å². The highest BCUT2D eigenvalue weighted by molar-refractivity contribution is 6.16. The van der Waals surface area contributed by atoms with Crippen LogP contribution in [0.2, 0.25) is 0 Å². The summed E-state index contributed by atoms with van der Waals surface area (Å²) >= 11 is 0. The van der Waals surface area contributed by atoms with Crippen LogP contribution < -0.4 is 5.32 Å². The first-order chi connectivity index (χ1) is 13.8. The third kappa shape index (κ3) is 3.91. The molecule has 3 rings (SSSR count). The van der Waals surface area contributed by atoms with Gasteiger partial charge < -0.3 is 4.74 Å². The lowest BCUT2D eigenvalue weighted by Gasteiger charge is -2.28. The summed E-state index contributed by atoms with van der Waals surface area (Å²) in [6.07, 6.45) is -3.66. The number of alkyl halides is 3. The number of nitrogens with one attached hydrogen (secondary N) is 1. The van der Waals surface area contributed by atoms with E-state index in [9.17, 15) is 22.8 Å². The van der Waals surface area contributed by atoms with E-state index in [0.717, 1.165) is 4.90 Å². The lowest BCUT2D eigenvalue weighted by atomic mass is 10.1. The molecule has 0 saturated carbocycles. The van der Waals surface area contributed by atoms with Crippen molar-refractivity contribution in [1.82, 2.24) is 15.2 Å². The second kappa shape index (κ2) is 7.90. The van der Waals surface area contributed by atoms with Crippen LogP contribution in [0.5, 0.6) is 0 Å². The number of carbonyl (C=O) groups is 2. The van der Waals surface area contributed by atoms with Gasteiger partial charge >= 0.3 is 17.9 Å². The molecule has 7 nitrogen and oxygen atoms in total. The summed E-state index contributed by atoms with van der Waals surface area (Å²) in [6, 6.07) is 11.1. The van der Waals surface area contributed by atoms with Gasteiger partial charge in [0.25, 0.3) is 5.91 Å². The minimum absolute atomic E-state index is 0.163. The van der Waals surface area contributed by atoms with Crippen molar-refractivity contribution in [3.63, 3.8) is 0 Å². The van der Waals surface area contributed by atoms with Gasteiger partial charge in [-0.1, -0.05) is 30.3 Å². The molecule has 0 fully saturated rings. The summed E-state index contributed by atoms with van der Waals surface area (Å²) < 4.78 is 46.7. The number of carbonyl (C=O) groups excluding carboxylic acids is 2. The molecular weight excluding hydrogens is 389 g/mol. The zero-order valence-corrected chi connectivity index (χ0v) is 15.3. The van der Waals surface area contributed by atoms with Crippen LogP contribution in [-0.2, 0) is 16.1 Å². The Hall–Kier alpha value is -3.43. The van der Waals surface area contributed by atoms with Crippen LogP contribution in [0.15, 0.2) is 59.9 Å². The number of amidine groups is 1. The van der Waals surface area contributed by atoms with Gasteiger partial charge in [-0.15, -0.1) is 0 Å². The second-order valence-electron chi connectivity index (χ2n) is 6.10. The van der Waals surface area contributed by atoms with Crippen molar-refractivity contribution in [2.45, 2.75) is 25.3 Å². The standard InChI is InChI=1S/C19H17F3N4O3/c1-2-29-17(28)25-18(19(20,21)22)16(27)26(12-13-8-10-23-11-9-13)15(24-18)14-6-4-3-5-7-14/h3-11H,2,12H2,1H3,(H,25,28). The number of ether oxygens (including phenoxy) is 1. The van der Waals surface area contributed by atoms with Crippen molar-refractivity contribution in [2.24, 2.45) is 4.99 Å². The van der Waals surface area contributed by atoms with Gasteiger partial charge in [-0.2, -0.15) is 13.2 Å². The fourth-order valence-electron chi connectivity index (χ4n) is 2.84. The predicted octanol–water partition coefficient (Wildman–Crippen LogP) is 2.88. The Morgan fingerprint density at radius 3 is 2.41 bits per heavy atom. The number of halogens is 3. The van der Waals surface area contributed by atoms with E-state index in [1.807, 2.05) is 0 Å². The van der Waals surface area contributed by atoms with Gasteiger partial charge in [-0.3, -0.25) is 20.0 Å². The van der Waals surface area contributed by atoms with Crippen molar-refractivity contribution in [2.75, 3.05) is 6.61 Å². The van der Waals surface area contributed by atoms with Gasteiger partial charge in [-0.25, -0.2) is 9.79 Å². The first kappa shape index (κ1) is 20.3. The fraction of sp³-hybridized carbons (Fsp3) is 0.263. The van der Waals surface area contributed by atoms with Crippen LogP contribution in [0.4, 0.5) is 18.0 Å². The molecule has 1 aliphatic heterocycles. The summed E-state index contributed by atoms with van der Waals surface area (Å²) in [7, 11) is 0. The number of nitrogens with zero attached hydrogens (tertiary/aromatic N) is 3. The number of alkyl carbamates (subject to hydrolysis) is 1. The molecule has 29 heavy (non-hydrogen) atoms. The van der Waals surface area contributed by atoms with Crippen LogP contribution in [-0.4, -0.2) is 46.2 Å². The summed E-state index contributed by atoms with van der Waals surface area (Å²) in [4.78, 5) is 33.3. The Labute approximate surface area is 164 Å².